The van der Waals surface area contributed by atoms with Crippen LogP contribution in [0.25, 0.3) is 0 Å². The molecule has 0 aromatic carbocycles. The normalized spacial score (nSPS) is 17.7. The van der Waals surface area contributed by atoms with Gasteiger partial charge in [0.25, 0.3) is 0 Å². The predicted molar refractivity (Wildman–Crippen MR) is 47.5 cm³/mol. The Bertz CT molecular complexity index is 188. The molecule has 0 aromatic heterocycles. The Labute approximate surface area is 70.1 Å². The molecule has 1 aliphatic rings. The second kappa shape index (κ2) is 3.18. The molecule has 0 aromatic rings. The molecule has 0 fully saturated rings. The van der Waals surface area contributed by atoms with Crippen LogP contribution >= 0.6 is 25.3 Å². The number of rotatable bonds is 1. The van der Waals surface area contributed by atoms with E-state index >= 15 is 0 Å². The quantitative estimate of drug-likeness (QED) is 0.424. The third-order valence-corrected chi connectivity index (χ3v) is 1.35. The van der Waals surface area contributed by atoms with Gasteiger partial charge in [-0.15, -0.1) is 35.6 Å². The van der Waals surface area contributed by atoms with Crippen molar-refractivity contribution in [3.8, 4) is 0 Å². The fraction of sp³-hybridized carbons (Fsp3) is 0.250. The molecule has 0 spiro atoms. The molecule has 0 bridgehead atoms. The molecule has 1 rings (SSSR count). The molecule has 0 atom stereocenters. The van der Waals surface area contributed by atoms with Gasteiger partial charge < -0.3 is 0 Å². The summed E-state index contributed by atoms with van der Waals surface area (Å²) in [6.45, 7) is 0. The van der Waals surface area contributed by atoms with Crippen molar-refractivity contribution in [1.29, 1.82) is 0 Å². The summed E-state index contributed by atoms with van der Waals surface area (Å²) in [6.07, 6.45) is 1.71. The Morgan fingerprint density at radius 1 is 1.70 bits per heavy atom. The summed E-state index contributed by atoms with van der Waals surface area (Å²) in [5, 5.41) is 6.65. The average Bonchev–Trinajstić information content (AvgIpc) is 1.85. The Morgan fingerprint density at radius 3 is 2.90 bits per heavy atom. The van der Waals surface area contributed by atoms with Crippen LogP contribution in [-0.4, -0.2) is 17.3 Å². The number of nitrogens with zero attached hydrogens (tertiary/aromatic N) is 2. The van der Waals surface area contributed by atoms with Crippen LogP contribution in [0.4, 0.5) is 0 Å². The SMILES string of the molecule is CNN1N=C(S)C=C(S)N1. The van der Waals surface area contributed by atoms with E-state index in [9.17, 15) is 0 Å². The standard InChI is InChI=1S/C4H8N4S2/c1-5-8-6-3(9)2-4(10)7-8/h2,5-6,9H,1H3,(H,7,10). The van der Waals surface area contributed by atoms with Crippen molar-refractivity contribution in [3.05, 3.63) is 11.1 Å². The largest absolute Gasteiger partial charge is 0.261 e. The van der Waals surface area contributed by atoms with E-state index in [-0.39, 0.29) is 0 Å². The van der Waals surface area contributed by atoms with E-state index in [0.717, 1.165) is 0 Å². The third kappa shape index (κ3) is 1.83. The number of nitrogens with one attached hydrogen (secondary N) is 2. The molecule has 0 amide bonds. The molecule has 0 unspecified atom stereocenters. The van der Waals surface area contributed by atoms with Gasteiger partial charge in [0, 0.05) is 13.1 Å². The third-order valence-electron chi connectivity index (χ3n) is 0.901. The molecule has 1 heterocycles. The van der Waals surface area contributed by atoms with Gasteiger partial charge in [0.1, 0.15) is 5.04 Å². The fourth-order valence-corrected chi connectivity index (χ4v) is 1.06. The fourth-order valence-electron chi connectivity index (χ4n) is 0.525. The second-order valence-corrected chi connectivity index (χ2v) is 2.57. The monoisotopic (exact) mass is 176 g/mol. The molecule has 4 nitrogen and oxygen atoms in total. The Morgan fingerprint density at radius 2 is 2.40 bits per heavy atom. The Kier molecular flexibility index (Phi) is 2.47. The van der Waals surface area contributed by atoms with Gasteiger partial charge in [0.15, 0.2) is 0 Å². The van der Waals surface area contributed by atoms with Crippen LogP contribution < -0.4 is 10.9 Å². The van der Waals surface area contributed by atoms with Crippen LogP contribution in [0.5, 0.6) is 0 Å². The maximum absolute atomic E-state index is 4.07. The van der Waals surface area contributed by atoms with Crippen LogP contribution in [0.1, 0.15) is 0 Å². The molecule has 0 saturated carbocycles. The highest BCUT2D eigenvalue weighted by atomic mass is 32.1. The first kappa shape index (κ1) is 7.77. The number of hydrogen-bond donors (Lipinski definition) is 4. The van der Waals surface area contributed by atoms with Crippen molar-refractivity contribution in [1.82, 2.24) is 16.1 Å². The summed E-state index contributed by atoms with van der Waals surface area (Å²) >= 11 is 8.11. The number of thiol groups is 2. The van der Waals surface area contributed by atoms with Crippen LogP contribution in [0.2, 0.25) is 0 Å². The molecule has 10 heavy (non-hydrogen) atoms. The van der Waals surface area contributed by atoms with E-state index in [1.165, 1.54) is 5.23 Å². The van der Waals surface area contributed by atoms with E-state index in [0.29, 0.717) is 10.1 Å². The molecule has 0 saturated heterocycles. The van der Waals surface area contributed by atoms with Crippen molar-refractivity contribution in [2.45, 2.75) is 0 Å². The summed E-state index contributed by atoms with van der Waals surface area (Å²) in [6, 6.07) is 0. The minimum absolute atomic E-state index is 0.609. The lowest BCUT2D eigenvalue weighted by Gasteiger charge is -2.22. The first-order valence-electron chi connectivity index (χ1n) is 2.65. The smallest absolute Gasteiger partial charge is 0.119 e. The van der Waals surface area contributed by atoms with Crippen LogP contribution in [0, 0.1) is 0 Å². The summed E-state index contributed by atoms with van der Waals surface area (Å²) < 4.78 is 0. The lowest BCUT2D eigenvalue weighted by molar-refractivity contribution is 0.162. The molecule has 6 heteroatoms. The lowest BCUT2D eigenvalue weighted by Crippen LogP contribution is -2.42. The maximum atomic E-state index is 4.07. The van der Waals surface area contributed by atoms with E-state index in [1.54, 1.807) is 13.1 Å². The van der Waals surface area contributed by atoms with Gasteiger partial charge in [-0.1, -0.05) is 0 Å². The molecule has 1 aliphatic heterocycles. The Balaban J connectivity index is 2.67. The van der Waals surface area contributed by atoms with Gasteiger partial charge in [0.2, 0.25) is 0 Å². The van der Waals surface area contributed by atoms with E-state index in [1.807, 2.05) is 0 Å². The summed E-state index contributed by atoms with van der Waals surface area (Å²) in [4.78, 5) is 0. The first-order chi connectivity index (χ1) is 4.72. The molecule has 56 valence electrons. The van der Waals surface area contributed by atoms with E-state index in [4.69, 9.17) is 0 Å². The second-order valence-electron chi connectivity index (χ2n) is 1.63. The van der Waals surface area contributed by atoms with Crippen molar-refractivity contribution in [3.63, 3.8) is 0 Å². The van der Waals surface area contributed by atoms with Crippen LogP contribution in [0.15, 0.2) is 16.2 Å². The summed E-state index contributed by atoms with van der Waals surface area (Å²) in [7, 11) is 1.74. The highest BCUT2D eigenvalue weighted by Crippen LogP contribution is 2.04. The number of hydrazone groups is 1. The van der Waals surface area contributed by atoms with Gasteiger partial charge in [-0.25, -0.2) is 5.43 Å². The number of hydrazine groups is 2. The summed E-state index contributed by atoms with van der Waals surface area (Å²) in [5.74, 6) is 0. The van der Waals surface area contributed by atoms with E-state index in [2.05, 4.69) is 41.2 Å². The highest BCUT2D eigenvalue weighted by molar-refractivity contribution is 7.97. The van der Waals surface area contributed by atoms with Crippen molar-refractivity contribution >= 4 is 30.3 Å². The van der Waals surface area contributed by atoms with Crippen molar-refractivity contribution in [2.24, 2.45) is 5.10 Å². The van der Waals surface area contributed by atoms with E-state index < -0.39 is 0 Å². The molecular weight excluding hydrogens is 168 g/mol. The van der Waals surface area contributed by atoms with Crippen molar-refractivity contribution in [2.75, 3.05) is 7.05 Å². The van der Waals surface area contributed by atoms with Gasteiger partial charge in [-0.3, -0.25) is 5.43 Å². The van der Waals surface area contributed by atoms with Crippen LogP contribution in [0.3, 0.4) is 0 Å². The lowest BCUT2D eigenvalue weighted by atomic mass is 10.6. The average molecular weight is 176 g/mol. The zero-order valence-corrected chi connectivity index (χ0v) is 7.16. The molecular formula is C4H8N4S2. The predicted octanol–water partition coefficient (Wildman–Crippen LogP) is -0.0445. The molecule has 2 N–H and O–H groups in total. The van der Waals surface area contributed by atoms with Gasteiger partial charge in [-0.2, -0.15) is 0 Å². The zero-order valence-electron chi connectivity index (χ0n) is 5.37. The van der Waals surface area contributed by atoms with Crippen molar-refractivity contribution < 1.29 is 0 Å². The molecule has 0 radical (unpaired) electrons. The topological polar surface area (TPSA) is 39.7 Å². The Hall–Kier alpha value is -0.330. The first-order valence-corrected chi connectivity index (χ1v) is 3.54. The van der Waals surface area contributed by atoms with Gasteiger partial charge in [-0.05, 0) is 0 Å². The minimum atomic E-state index is 0.609. The molecule has 0 aliphatic carbocycles. The zero-order chi connectivity index (χ0) is 7.56. The maximum Gasteiger partial charge on any atom is 0.119 e. The summed E-state index contributed by atoms with van der Waals surface area (Å²) in [5.41, 5.74) is 5.57. The van der Waals surface area contributed by atoms with Gasteiger partial charge in [0.05, 0.1) is 5.03 Å². The minimum Gasteiger partial charge on any atom is -0.261 e. The van der Waals surface area contributed by atoms with Gasteiger partial charge >= 0.3 is 0 Å². The van der Waals surface area contributed by atoms with Crippen LogP contribution in [-0.2, 0) is 0 Å². The number of hydrogen-bond acceptors (Lipinski definition) is 5. The highest BCUT2D eigenvalue weighted by Gasteiger charge is 2.04.